The summed E-state index contributed by atoms with van der Waals surface area (Å²) < 4.78 is 46.0. The predicted octanol–water partition coefficient (Wildman–Crippen LogP) is 3.10. The maximum Gasteiger partial charge on any atom is 0.269 e. The number of benzene rings is 2. The summed E-state index contributed by atoms with van der Waals surface area (Å²) in [6.45, 7) is -0.0413. The van der Waals surface area contributed by atoms with Crippen molar-refractivity contribution in [2.24, 2.45) is 0 Å². The van der Waals surface area contributed by atoms with Crippen LogP contribution in [0.15, 0.2) is 70.9 Å². The summed E-state index contributed by atoms with van der Waals surface area (Å²) in [4.78, 5) is 42.0. The van der Waals surface area contributed by atoms with Crippen molar-refractivity contribution in [3.05, 3.63) is 87.9 Å². The van der Waals surface area contributed by atoms with E-state index in [-0.39, 0.29) is 29.7 Å². The average Bonchev–Trinajstić information content (AvgIpc) is 3.68. The van der Waals surface area contributed by atoms with Crippen LogP contribution in [0.4, 0.5) is 4.39 Å². The van der Waals surface area contributed by atoms with Crippen LogP contribution in [0, 0.1) is 5.82 Å². The van der Waals surface area contributed by atoms with Crippen LogP contribution in [-0.4, -0.2) is 61.1 Å². The average molecular weight is 572 g/mol. The molecule has 204 valence electrons. The van der Waals surface area contributed by atoms with Gasteiger partial charge in [0.25, 0.3) is 15.9 Å². The summed E-state index contributed by atoms with van der Waals surface area (Å²) in [6, 6.07) is 13.5. The Morgan fingerprint density at radius 1 is 1.13 bits per heavy atom. The van der Waals surface area contributed by atoms with Crippen LogP contribution in [-0.2, 0) is 30.9 Å². The Kier molecular flexibility index (Phi) is 7.78. The first kappa shape index (κ1) is 27.0. The number of nitrogens with one attached hydrogen (secondary N) is 1. The van der Waals surface area contributed by atoms with Gasteiger partial charge in [0.2, 0.25) is 11.8 Å². The lowest BCUT2D eigenvalue weighted by Gasteiger charge is -2.32. The van der Waals surface area contributed by atoms with Crippen molar-refractivity contribution in [1.29, 1.82) is 0 Å². The fourth-order valence-electron chi connectivity index (χ4n) is 4.70. The van der Waals surface area contributed by atoms with Gasteiger partial charge in [-0.1, -0.05) is 30.3 Å². The Balaban J connectivity index is 1.47. The topological polar surface area (TPSA) is 113 Å². The smallest absolute Gasteiger partial charge is 0.269 e. The molecular formula is C27H26FN3O6S2. The Morgan fingerprint density at radius 2 is 1.90 bits per heavy atom. The van der Waals surface area contributed by atoms with Crippen molar-refractivity contribution in [1.82, 2.24) is 14.5 Å². The lowest BCUT2D eigenvalue weighted by Crippen LogP contribution is -2.48. The highest BCUT2D eigenvalue weighted by Crippen LogP contribution is 2.32. The highest BCUT2D eigenvalue weighted by Gasteiger charge is 2.43. The highest BCUT2D eigenvalue weighted by molar-refractivity contribution is 7.90. The SMILES string of the molecule is O=C(NCC1CCCO1)C(c1cccs1)N(Cc1ccc(F)cc1)C(=O)CN1C(=O)c2ccccc2S1(=O)=O. The molecule has 5 rings (SSSR count). The number of halogens is 1. The summed E-state index contributed by atoms with van der Waals surface area (Å²) >= 11 is 1.26. The number of hydrogen-bond acceptors (Lipinski definition) is 7. The van der Waals surface area contributed by atoms with E-state index < -0.39 is 46.1 Å². The molecule has 0 aliphatic carbocycles. The van der Waals surface area contributed by atoms with Crippen molar-refractivity contribution in [3.63, 3.8) is 0 Å². The Morgan fingerprint density at radius 3 is 2.56 bits per heavy atom. The molecule has 0 saturated carbocycles. The molecule has 2 atom stereocenters. The molecule has 2 aromatic carbocycles. The molecule has 2 aliphatic rings. The van der Waals surface area contributed by atoms with E-state index in [1.54, 1.807) is 23.6 Å². The molecule has 0 radical (unpaired) electrons. The van der Waals surface area contributed by atoms with Crippen molar-refractivity contribution >= 4 is 39.1 Å². The van der Waals surface area contributed by atoms with E-state index in [1.807, 2.05) is 0 Å². The summed E-state index contributed by atoms with van der Waals surface area (Å²) in [7, 11) is -4.25. The first-order valence-electron chi connectivity index (χ1n) is 12.4. The number of carbonyl (C=O) groups excluding carboxylic acids is 3. The quantitative estimate of drug-likeness (QED) is 0.423. The summed E-state index contributed by atoms with van der Waals surface area (Å²) in [5.41, 5.74) is 0.511. The number of rotatable bonds is 9. The molecule has 2 aliphatic heterocycles. The van der Waals surface area contributed by atoms with Gasteiger partial charge in [0.1, 0.15) is 23.3 Å². The van der Waals surface area contributed by atoms with Gasteiger partial charge in [0.15, 0.2) is 0 Å². The van der Waals surface area contributed by atoms with Gasteiger partial charge in [-0.2, -0.15) is 0 Å². The first-order chi connectivity index (χ1) is 18.8. The molecule has 0 bridgehead atoms. The van der Waals surface area contributed by atoms with Gasteiger partial charge in [-0.25, -0.2) is 17.1 Å². The van der Waals surface area contributed by atoms with Crippen LogP contribution in [0.1, 0.15) is 39.7 Å². The number of carbonyl (C=O) groups is 3. The van der Waals surface area contributed by atoms with Crippen LogP contribution in [0.2, 0.25) is 0 Å². The zero-order valence-corrected chi connectivity index (χ0v) is 22.4. The summed E-state index contributed by atoms with van der Waals surface area (Å²) in [5, 5.41) is 4.63. The molecule has 1 aromatic heterocycles. The highest BCUT2D eigenvalue weighted by atomic mass is 32.2. The molecule has 3 aromatic rings. The van der Waals surface area contributed by atoms with Gasteiger partial charge >= 0.3 is 0 Å². The second-order valence-electron chi connectivity index (χ2n) is 9.26. The van der Waals surface area contributed by atoms with Gasteiger partial charge in [-0.05, 0) is 54.1 Å². The number of nitrogens with zero attached hydrogens (tertiary/aromatic N) is 2. The lowest BCUT2D eigenvalue weighted by molar-refractivity contribution is -0.141. The first-order valence-corrected chi connectivity index (χ1v) is 14.7. The van der Waals surface area contributed by atoms with Crippen molar-refractivity contribution in [2.45, 2.75) is 36.4 Å². The summed E-state index contributed by atoms with van der Waals surface area (Å²) in [5.74, 6) is -2.50. The van der Waals surface area contributed by atoms with E-state index in [1.165, 1.54) is 58.7 Å². The second kappa shape index (κ2) is 11.2. The van der Waals surface area contributed by atoms with E-state index in [2.05, 4.69) is 5.32 Å². The van der Waals surface area contributed by atoms with Crippen LogP contribution in [0.3, 0.4) is 0 Å². The molecule has 2 unspecified atom stereocenters. The second-order valence-corrected chi connectivity index (χ2v) is 12.1. The number of sulfonamides is 1. The van der Waals surface area contributed by atoms with E-state index in [0.29, 0.717) is 21.4 Å². The lowest BCUT2D eigenvalue weighted by atomic mass is 10.1. The molecule has 12 heteroatoms. The Labute approximate surface area is 229 Å². The normalized spacial score (nSPS) is 18.5. The van der Waals surface area contributed by atoms with Gasteiger partial charge in [0.05, 0.1) is 11.7 Å². The third-order valence-electron chi connectivity index (χ3n) is 6.68. The minimum Gasteiger partial charge on any atom is -0.376 e. The standard InChI is InChI=1S/C27H26FN3O6S2/c28-19-11-9-18(10-12-19)16-30(24(32)17-31-27(34)21-6-1-2-8-23(21)39(31,35)36)25(22-7-4-14-38-22)26(33)29-15-20-5-3-13-37-20/h1-2,4,6-12,14,20,25H,3,5,13,15-17H2,(H,29,33). The third-order valence-corrected chi connectivity index (χ3v) is 9.39. The van der Waals surface area contributed by atoms with E-state index in [4.69, 9.17) is 4.74 Å². The van der Waals surface area contributed by atoms with Crippen LogP contribution in [0.25, 0.3) is 0 Å². The molecule has 1 N–H and O–H groups in total. The minimum atomic E-state index is -4.25. The van der Waals surface area contributed by atoms with Crippen molar-refractivity contribution in [2.75, 3.05) is 19.7 Å². The zero-order valence-electron chi connectivity index (χ0n) is 20.8. The summed E-state index contributed by atoms with van der Waals surface area (Å²) in [6.07, 6.45) is 1.56. The van der Waals surface area contributed by atoms with Crippen LogP contribution < -0.4 is 5.32 Å². The van der Waals surface area contributed by atoms with Crippen molar-refractivity contribution < 1.29 is 31.9 Å². The number of ether oxygens (including phenoxy) is 1. The Bertz CT molecular complexity index is 1470. The largest absolute Gasteiger partial charge is 0.376 e. The molecule has 9 nitrogen and oxygen atoms in total. The number of thiophene rings is 1. The fraction of sp³-hybridized carbons (Fsp3) is 0.296. The molecule has 3 heterocycles. The molecule has 0 spiro atoms. The zero-order chi connectivity index (χ0) is 27.6. The van der Waals surface area contributed by atoms with Crippen LogP contribution in [0.5, 0.6) is 0 Å². The molecule has 1 fully saturated rings. The number of fused-ring (bicyclic) bond motifs is 1. The molecule has 3 amide bonds. The molecule has 39 heavy (non-hydrogen) atoms. The van der Waals surface area contributed by atoms with Crippen LogP contribution >= 0.6 is 11.3 Å². The van der Waals surface area contributed by atoms with Gasteiger partial charge in [0, 0.05) is 24.6 Å². The molecular weight excluding hydrogens is 545 g/mol. The maximum absolute atomic E-state index is 13.8. The maximum atomic E-state index is 13.8. The van der Waals surface area contributed by atoms with Gasteiger partial charge in [-0.15, -0.1) is 11.3 Å². The van der Waals surface area contributed by atoms with E-state index in [0.717, 1.165) is 12.8 Å². The molecule has 1 saturated heterocycles. The fourth-order valence-corrected chi connectivity index (χ4v) is 7.05. The van der Waals surface area contributed by atoms with Gasteiger partial charge in [-0.3, -0.25) is 14.4 Å². The van der Waals surface area contributed by atoms with Gasteiger partial charge < -0.3 is 15.0 Å². The predicted molar refractivity (Wildman–Crippen MR) is 141 cm³/mol. The van der Waals surface area contributed by atoms with Crippen molar-refractivity contribution in [3.8, 4) is 0 Å². The minimum absolute atomic E-state index is 0.0144. The monoisotopic (exact) mass is 571 g/mol. The van der Waals surface area contributed by atoms with E-state index >= 15 is 0 Å². The Hall–Kier alpha value is -3.61. The third kappa shape index (κ3) is 5.58. The number of hydrogen-bond donors (Lipinski definition) is 1. The van der Waals surface area contributed by atoms with E-state index in [9.17, 15) is 27.2 Å². The number of amides is 3.